The summed E-state index contributed by atoms with van der Waals surface area (Å²) in [5.74, 6) is 2.65. The molecule has 0 spiro atoms. The molecule has 4 fully saturated rings. The van der Waals surface area contributed by atoms with Gasteiger partial charge < -0.3 is 24.4 Å². The monoisotopic (exact) mass is 648 g/mol. The number of hydrogen-bond acceptors (Lipinski definition) is 5. The molecular weight excluding hydrogens is 609 g/mol. The van der Waals surface area contributed by atoms with Gasteiger partial charge in [0.15, 0.2) is 18.1 Å². The molecule has 4 bridgehead atoms. The van der Waals surface area contributed by atoms with E-state index in [2.05, 4.69) is 22.3 Å². The summed E-state index contributed by atoms with van der Waals surface area (Å²) in [6, 6.07) is 16.4. The van der Waals surface area contributed by atoms with Crippen LogP contribution in [0.4, 0.5) is 18.9 Å². The Balaban J connectivity index is 1.03. The van der Waals surface area contributed by atoms with Gasteiger partial charge in [-0.3, -0.25) is 9.59 Å². The minimum Gasteiger partial charge on any atom is -0.493 e. The summed E-state index contributed by atoms with van der Waals surface area (Å²) < 4.78 is 55.8. The van der Waals surface area contributed by atoms with Crippen LogP contribution in [0.5, 0.6) is 17.2 Å². The van der Waals surface area contributed by atoms with Gasteiger partial charge in [-0.05, 0) is 121 Å². The molecule has 47 heavy (non-hydrogen) atoms. The lowest BCUT2D eigenvalue weighted by Gasteiger charge is -2.62. The molecule has 10 heteroatoms. The number of anilines is 1. The molecule has 7 nitrogen and oxygen atoms in total. The van der Waals surface area contributed by atoms with Crippen LogP contribution in [0.3, 0.4) is 0 Å². The van der Waals surface area contributed by atoms with Crippen molar-refractivity contribution >= 4 is 17.5 Å². The van der Waals surface area contributed by atoms with Crippen LogP contribution >= 0.6 is 0 Å². The molecule has 8 rings (SSSR count). The topological polar surface area (TPSA) is 77.1 Å². The summed E-state index contributed by atoms with van der Waals surface area (Å²) in [6.45, 7) is 0.935. The summed E-state index contributed by atoms with van der Waals surface area (Å²) in [5.41, 5.74) is 2.29. The second-order valence-corrected chi connectivity index (χ2v) is 13.9. The maximum Gasteiger partial charge on any atom is 0.416 e. The van der Waals surface area contributed by atoms with Gasteiger partial charge in [0, 0.05) is 18.8 Å². The normalized spacial score (nSPS) is 26.0. The molecule has 3 aromatic carbocycles. The summed E-state index contributed by atoms with van der Waals surface area (Å²) in [6.07, 6.45) is 2.33. The zero-order chi connectivity index (χ0) is 33.0. The zero-order valence-corrected chi connectivity index (χ0v) is 26.6. The largest absolute Gasteiger partial charge is 0.493 e. The van der Waals surface area contributed by atoms with Crippen molar-refractivity contribution in [3.63, 3.8) is 0 Å². The standard InChI is InChI=1S/C37H39F3N2O5/c1-45-31-13-25-10-11-42(20-26(25)14-32(31)46-2)34(44)36-18-23-12-24(19-36)17-35(16-23,22-36)27-6-8-30(9-7-27)47-21-33(43)41-29-5-3-4-28(15-29)37(38,39)40/h3-9,13-15,23-24H,10-12,16-22H2,1-2H3,(H,41,43)/t23-,24+,35?,36?. The van der Waals surface area contributed by atoms with Crippen molar-refractivity contribution in [3.8, 4) is 17.2 Å². The van der Waals surface area contributed by atoms with E-state index in [9.17, 15) is 22.8 Å². The lowest BCUT2D eigenvalue weighted by atomic mass is 9.42. The Morgan fingerprint density at radius 3 is 2.26 bits per heavy atom. The highest BCUT2D eigenvalue weighted by atomic mass is 19.4. The van der Waals surface area contributed by atoms with Crippen molar-refractivity contribution in [2.45, 2.75) is 63.1 Å². The van der Waals surface area contributed by atoms with Gasteiger partial charge in [0.2, 0.25) is 5.91 Å². The number of carbonyl (C=O) groups is 2. The van der Waals surface area contributed by atoms with E-state index in [0.717, 1.165) is 56.2 Å². The Hall–Kier alpha value is -4.21. The predicted molar refractivity (Wildman–Crippen MR) is 169 cm³/mol. The van der Waals surface area contributed by atoms with Gasteiger partial charge in [0.25, 0.3) is 5.91 Å². The minimum atomic E-state index is -4.49. The predicted octanol–water partition coefficient (Wildman–Crippen LogP) is 7.16. The lowest BCUT2D eigenvalue weighted by molar-refractivity contribution is -0.161. The van der Waals surface area contributed by atoms with E-state index in [1.54, 1.807) is 14.2 Å². The van der Waals surface area contributed by atoms with Crippen LogP contribution in [0.2, 0.25) is 0 Å². The molecule has 1 heterocycles. The highest BCUT2D eigenvalue weighted by Crippen LogP contribution is 2.66. The third-order valence-electron chi connectivity index (χ3n) is 10.8. The van der Waals surface area contributed by atoms with E-state index in [1.165, 1.54) is 29.7 Å². The molecule has 4 saturated carbocycles. The maximum atomic E-state index is 14.5. The van der Waals surface area contributed by atoms with Gasteiger partial charge >= 0.3 is 6.18 Å². The van der Waals surface area contributed by atoms with Gasteiger partial charge in [-0.25, -0.2) is 0 Å². The number of alkyl halides is 3. The number of amides is 2. The minimum absolute atomic E-state index is 0.0581. The molecule has 4 atom stereocenters. The van der Waals surface area contributed by atoms with Crippen molar-refractivity contribution in [2.75, 3.05) is 32.7 Å². The molecule has 0 aromatic heterocycles. The number of hydrogen-bond donors (Lipinski definition) is 1. The molecule has 0 radical (unpaired) electrons. The molecule has 5 aliphatic rings. The quantitative estimate of drug-likeness (QED) is 0.281. The molecular formula is C37H39F3N2O5. The second-order valence-electron chi connectivity index (χ2n) is 13.9. The Kier molecular flexibility index (Phi) is 7.88. The number of ether oxygens (including phenoxy) is 3. The number of methoxy groups -OCH3 is 2. The van der Waals surface area contributed by atoms with Crippen LogP contribution in [0.1, 0.15) is 60.8 Å². The van der Waals surface area contributed by atoms with Crippen molar-refractivity contribution in [3.05, 3.63) is 82.9 Å². The third-order valence-corrected chi connectivity index (χ3v) is 10.8. The number of rotatable bonds is 8. The first-order valence-electron chi connectivity index (χ1n) is 16.2. The smallest absolute Gasteiger partial charge is 0.416 e. The molecule has 248 valence electrons. The SMILES string of the molecule is COc1cc2c(cc1OC)CN(C(=O)C13C[C@H]4C[C@@H](C1)CC(c1ccc(OCC(=O)Nc5cccc(C(F)(F)F)c5)cc1)(C4)C3)CC2. The van der Waals surface area contributed by atoms with Crippen molar-refractivity contribution < 1.29 is 37.0 Å². The highest BCUT2D eigenvalue weighted by molar-refractivity contribution is 5.92. The number of halogens is 3. The maximum absolute atomic E-state index is 14.5. The third kappa shape index (κ3) is 5.91. The van der Waals surface area contributed by atoms with Gasteiger partial charge in [0.1, 0.15) is 5.75 Å². The average Bonchev–Trinajstić information content (AvgIpc) is 3.05. The Bertz CT molecular complexity index is 1670. The van der Waals surface area contributed by atoms with Crippen molar-refractivity contribution in [2.24, 2.45) is 17.3 Å². The van der Waals surface area contributed by atoms with Crippen molar-refractivity contribution in [1.82, 2.24) is 4.90 Å². The molecule has 1 N–H and O–H groups in total. The molecule has 2 amide bonds. The fourth-order valence-electron chi connectivity index (χ4n) is 9.27. The first kappa shape index (κ1) is 31.4. The zero-order valence-electron chi connectivity index (χ0n) is 26.6. The number of nitrogens with zero attached hydrogens (tertiary/aromatic N) is 1. The number of nitrogens with one attached hydrogen (secondary N) is 1. The number of benzene rings is 3. The fraction of sp³-hybridized carbons (Fsp3) is 0.459. The number of fused-ring (bicyclic) bond motifs is 1. The number of carbonyl (C=O) groups excluding carboxylic acids is 2. The summed E-state index contributed by atoms with van der Waals surface area (Å²) in [5, 5.41) is 2.47. The average molecular weight is 649 g/mol. The van der Waals surface area contributed by atoms with Crippen LogP contribution in [0.15, 0.2) is 60.7 Å². The lowest BCUT2D eigenvalue weighted by Crippen LogP contribution is -2.60. The first-order chi connectivity index (χ1) is 22.5. The van der Waals surface area contributed by atoms with Crippen LogP contribution in [0, 0.1) is 17.3 Å². The molecule has 4 aliphatic carbocycles. The van der Waals surface area contributed by atoms with E-state index < -0.39 is 17.6 Å². The Morgan fingerprint density at radius 2 is 1.60 bits per heavy atom. The van der Waals surface area contributed by atoms with E-state index in [1.807, 2.05) is 24.3 Å². The van der Waals surface area contributed by atoms with Crippen LogP contribution < -0.4 is 19.5 Å². The van der Waals surface area contributed by atoms with Gasteiger partial charge in [-0.15, -0.1) is 0 Å². The Labute approximate surface area is 272 Å². The van der Waals surface area contributed by atoms with E-state index in [0.29, 0.717) is 42.2 Å². The first-order valence-corrected chi connectivity index (χ1v) is 16.2. The molecule has 1 aliphatic heterocycles. The van der Waals surface area contributed by atoms with E-state index in [-0.39, 0.29) is 29.0 Å². The van der Waals surface area contributed by atoms with Crippen LogP contribution in [0.25, 0.3) is 0 Å². The van der Waals surface area contributed by atoms with Gasteiger partial charge in [-0.2, -0.15) is 13.2 Å². The highest BCUT2D eigenvalue weighted by Gasteiger charge is 2.61. The van der Waals surface area contributed by atoms with Crippen LogP contribution in [-0.4, -0.2) is 44.1 Å². The molecule has 2 unspecified atom stereocenters. The molecule has 3 aromatic rings. The van der Waals surface area contributed by atoms with Gasteiger partial charge in [0.05, 0.1) is 25.2 Å². The summed E-state index contributed by atoms with van der Waals surface area (Å²) >= 11 is 0. The van der Waals surface area contributed by atoms with Gasteiger partial charge in [-0.1, -0.05) is 18.2 Å². The Morgan fingerprint density at radius 1 is 0.915 bits per heavy atom. The van der Waals surface area contributed by atoms with Crippen LogP contribution in [-0.2, 0) is 34.1 Å². The van der Waals surface area contributed by atoms with Crippen molar-refractivity contribution in [1.29, 1.82) is 0 Å². The summed E-state index contributed by atoms with van der Waals surface area (Å²) in [7, 11) is 3.27. The molecule has 0 saturated heterocycles. The second kappa shape index (κ2) is 11.8. The van der Waals surface area contributed by atoms with E-state index >= 15 is 0 Å². The fourth-order valence-corrected chi connectivity index (χ4v) is 9.27. The van der Waals surface area contributed by atoms with E-state index in [4.69, 9.17) is 14.2 Å². The summed E-state index contributed by atoms with van der Waals surface area (Å²) in [4.78, 5) is 29.0.